The van der Waals surface area contributed by atoms with Gasteiger partial charge in [-0.3, -0.25) is 34.1 Å². The van der Waals surface area contributed by atoms with Crippen molar-refractivity contribution in [2.45, 2.75) is 112 Å². The van der Waals surface area contributed by atoms with Crippen LogP contribution < -0.4 is 15.4 Å². The Labute approximate surface area is 362 Å². The Kier molecular flexibility index (Phi) is 12.3. The van der Waals surface area contributed by atoms with Gasteiger partial charge in [0.1, 0.15) is 35.1 Å². The molecule has 5 atom stereocenters. The zero-order valence-electron chi connectivity index (χ0n) is 34.7. The number of nitrogens with zero attached hydrogens (tertiary/aromatic N) is 4. The number of nitro benzene ring substituents is 1. The summed E-state index contributed by atoms with van der Waals surface area (Å²) in [6.07, 6.45) is 0.487. The number of halogens is 1. The van der Waals surface area contributed by atoms with Crippen LogP contribution in [-0.2, 0) is 57.0 Å². The molecule has 2 aromatic carbocycles. The van der Waals surface area contributed by atoms with Crippen LogP contribution in [0.15, 0.2) is 59.5 Å². The Balaban J connectivity index is 1.25. The van der Waals surface area contributed by atoms with Crippen molar-refractivity contribution in [1.29, 1.82) is 0 Å². The van der Waals surface area contributed by atoms with Crippen LogP contribution >= 0.6 is 0 Å². The van der Waals surface area contributed by atoms with Gasteiger partial charge in [0.25, 0.3) is 11.6 Å². The van der Waals surface area contributed by atoms with Crippen LogP contribution in [0.25, 0.3) is 0 Å². The molecule has 1 saturated heterocycles. The summed E-state index contributed by atoms with van der Waals surface area (Å²) in [4.78, 5) is 82.9. The smallest absolute Gasteiger partial charge is 0.410 e. The molecule has 0 spiro atoms. The first-order chi connectivity index (χ1) is 29.6. The molecule has 20 nitrogen and oxygen atoms in total. The van der Waals surface area contributed by atoms with Crippen LogP contribution in [0.3, 0.4) is 0 Å². The number of nitro groups is 1. The number of fused-ring (bicyclic) bond motifs is 3. The third kappa shape index (κ3) is 9.78. The number of hydrogen-bond donors (Lipinski definition) is 3. The van der Waals surface area contributed by atoms with E-state index in [0.29, 0.717) is 24.0 Å². The molecule has 5 aliphatic rings. The van der Waals surface area contributed by atoms with Gasteiger partial charge in [0.2, 0.25) is 31.9 Å². The van der Waals surface area contributed by atoms with E-state index in [1.54, 1.807) is 39.0 Å². The van der Waals surface area contributed by atoms with Gasteiger partial charge in [-0.15, -0.1) is 0 Å². The first-order valence-electron chi connectivity index (χ1n) is 20.4. The molecule has 0 radical (unpaired) electrons. The highest BCUT2D eigenvalue weighted by Crippen LogP contribution is 2.46. The quantitative estimate of drug-likeness (QED) is 0.196. The third-order valence-electron chi connectivity index (χ3n) is 11.5. The lowest BCUT2D eigenvalue weighted by Gasteiger charge is -2.32. The molecule has 0 aromatic heterocycles. The topological polar surface area (TPSA) is 261 Å². The van der Waals surface area contributed by atoms with E-state index < -0.39 is 125 Å². The second kappa shape index (κ2) is 17.1. The maximum Gasteiger partial charge on any atom is 0.410 e. The monoisotopic (exact) mass is 917 g/mol. The molecule has 2 saturated carbocycles. The number of hydrogen-bond acceptors (Lipinski definition) is 13. The van der Waals surface area contributed by atoms with Gasteiger partial charge in [0.15, 0.2) is 4.90 Å². The highest BCUT2D eigenvalue weighted by molar-refractivity contribution is 7.91. The Hall–Kier alpha value is -5.68. The Morgan fingerprint density at radius 3 is 2.43 bits per heavy atom. The fourth-order valence-electron chi connectivity index (χ4n) is 8.03. The van der Waals surface area contributed by atoms with Crippen LogP contribution in [0.4, 0.5) is 19.7 Å². The summed E-state index contributed by atoms with van der Waals surface area (Å²) in [7, 11) is -8.88. The number of rotatable bonds is 8. The largest absolute Gasteiger partial charge is 0.444 e. The number of amides is 5. The van der Waals surface area contributed by atoms with E-state index in [1.807, 2.05) is 0 Å². The van der Waals surface area contributed by atoms with Crippen molar-refractivity contribution >= 4 is 55.6 Å². The first-order valence-corrected chi connectivity index (χ1v) is 23.4. The van der Waals surface area contributed by atoms with Crippen molar-refractivity contribution in [2.24, 2.45) is 5.92 Å². The van der Waals surface area contributed by atoms with E-state index >= 15 is 0 Å². The van der Waals surface area contributed by atoms with E-state index in [1.165, 1.54) is 29.2 Å². The molecule has 63 heavy (non-hydrogen) atoms. The second-order valence-electron chi connectivity index (χ2n) is 17.3. The van der Waals surface area contributed by atoms with E-state index in [4.69, 9.17) is 9.47 Å². The average Bonchev–Trinajstić information content (AvgIpc) is 4.09. The molecule has 3 aliphatic heterocycles. The number of sulfonamides is 2. The van der Waals surface area contributed by atoms with Crippen molar-refractivity contribution in [1.82, 2.24) is 29.5 Å². The van der Waals surface area contributed by atoms with Crippen LogP contribution in [-0.4, -0.2) is 120 Å². The van der Waals surface area contributed by atoms with Crippen LogP contribution in [0, 0.1) is 21.8 Å². The van der Waals surface area contributed by atoms with Gasteiger partial charge < -0.3 is 25.0 Å². The highest BCUT2D eigenvalue weighted by atomic mass is 32.2. The summed E-state index contributed by atoms with van der Waals surface area (Å²) in [5, 5.41) is 16.3. The summed E-state index contributed by atoms with van der Waals surface area (Å²) < 4.78 is 83.3. The molecule has 5 amide bonds. The van der Waals surface area contributed by atoms with Gasteiger partial charge in [0.05, 0.1) is 23.3 Å². The lowest BCUT2D eigenvalue weighted by Crippen LogP contribution is -2.60. The lowest BCUT2D eigenvalue weighted by atomic mass is 10.1. The minimum absolute atomic E-state index is 0.00722. The van der Waals surface area contributed by atoms with E-state index in [-0.39, 0.29) is 45.3 Å². The fourth-order valence-corrected chi connectivity index (χ4v) is 11.0. The van der Waals surface area contributed by atoms with Crippen molar-refractivity contribution < 1.29 is 59.6 Å². The summed E-state index contributed by atoms with van der Waals surface area (Å²) in [5.41, 5.74) is -2.78. The molecule has 7 rings (SSSR count). The number of carbonyl (C=O) groups excluding carboxylic acids is 5. The molecule has 3 fully saturated rings. The molecule has 0 bridgehead atoms. The lowest BCUT2D eigenvalue weighted by molar-refractivity contribution is -0.387. The van der Waals surface area contributed by atoms with Crippen LogP contribution in [0.2, 0.25) is 0 Å². The number of carbonyl (C=O) groups is 5. The minimum atomic E-state index is -4.80. The third-order valence-corrected chi connectivity index (χ3v) is 15.2. The number of para-hydroxylation sites is 1. The standard InChI is InChI=1S/C40H48FN7O13S2/c1-39(2,3)61-37(52)42-30-23-46(63(58,59)33-14-7-6-13-31(33)48(54)55)17-8-4-5-11-25-19-40(25,36(51)44-62(56,57)27-15-16-27)43-34(49)32-18-26(21-47(32)35(30)50)60-38(53)45-20-24-10-9-12-29(41)28(24)22-45/h5-7,9-14,25-27,30,32H,4,8,15-23H2,1-3H3,(H,42,52)(H,43,49)(H,44,51)/t25-,26?,30+,32+,40-/m1/s1. The van der Waals surface area contributed by atoms with E-state index in [9.17, 15) is 55.3 Å². The predicted octanol–water partition coefficient (Wildman–Crippen LogP) is 2.57. The predicted molar refractivity (Wildman–Crippen MR) is 218 cm³/mol. The molecular weight excluding hydrogens is 870 g/mol. The number of benzene rings is 2. The molecule has 3 N–H and O–H groups in total. The summed E-state index contributed by atoms with van der Waals surface area (Å²) in [5.74, 6) is -4.23. The SMILES string of the molecule is CC(C)(C)OC(=O)N[C@H]1CN(S(=O)(=O)c2ccccc2[N+](=O)[O-])CCCC=C[C@@H]2C[C@@]2(C(=O)NS(=O)(=O)C2CC2)NC(=O)[C@@H]2CC(OC(=O)N3Cc4cccc(F)c4C3)CN2C1=O. The highest BCUT2D eigenvalue weighted by Gasteiger charge is 2.62. The van der Waals surface area contributed by atoms with Gasteiger partial charge in [-0.2, -0.15) is 4.31 Å². The first kappa shape index (κ1) is 45.3. The average molecular weight is 918 g/mol. The van der Waals surface area contributed by atoms with Gasteiger partial charge in [-0.25, -0.2) is 30.8 Å². The molecule has 1 unspecified atom stereocenters. The normalized spacial score (nSPS) is 25.7. The van der Waals surface area contributed by atoms with Crippen LogP contribution in [0.5, 0.6) is 0 Å². The molecule has 2 aliphatic carbocycles. The molecule has 23 heteroatoms. The number of nitrogens with one attached hydrogen (secondary N) is 3. The molecule has 2 aromatic rings. The summed E-state index contributed by atoms with van der Waals surface area (Å²) in [6.45, 7) is 2.89. The summed E-state index contributed by atoms with van der Waals surface area (Å²) >= 11 is 0. The zero-order valence-corrected chi connectivity index (χ0v) is 36.3. The minimum Gasteiger partial charge on any atom is -0.444 e. The summed E-state index contributed by atoms with van der Waals surface area (Å²) in [6, 6.07) is 5.65. The van der Waals surface area contributed by atoms with Gasteiger partial charge in [-0.1, -0.05) is 36.4 Å². The molecule has 3 heterocycles. The number of ether oxygens (including phenoxy) is 2. The van der Waals surface area contributed by atoms with Gasteiger partial charge in [-0.05, 0) is 70.6 Å². The van der Waals surface area contributed by atoms with Crippen molar-refractivity contribution in [2.75, 3.05) is 19.6 Å². The van der Waals surface area contributed by atoms with Gasteiger partial charge in [0, 0.05) is 43.6 Å². The number of alkyl carbamates (subject to hydrolysis) is 1. The molecular formula is C40H48FN7O13S2. The molecule has 340 valence electrons. The van der Waals surface area contributed by atoms with Crippen molar-refractivity contribution in [3.8, 4) is 0 Å². The fraction of sp³-hybridized carbons (Fsp3) is 0.525. The van der Waals surface area contributed by atoms with Gasteiger partial charge >= 0.3 is 12.2 Å². The second-order valence-corrected chi connectivity index (χ2v) is 21.2. The zero-order chi connectivity index (χ0) is 45.6. The Bertz CT molecular complexity index is 2480. The van der Waals surface area contributed by atoms with Crippen LogP contribution in [0.1, 0.15) is 70.4 Å². The van der Waals surface area contributed by atoms with E-state index in [0.717, 1.165) is 21.3 Å². The maximum atomic E-state index is 14.9. The number of allylic oxidation sites excluding steroid dienone is 1. The van der Waals surface area contributed by atoms with Crippen molar-refractivity contribution in [3.05, 3.63) is 81.7 Å². The Morgan fingerprint density at radius 2 is 1.75 bits per heavy atom. The maximum absolute atomic E-state index is 14.9. The van der Waals surface area contributed by atoms with E-state index in [2.05, 4.69) is 15.4 Å². The Morgan fingerprint density at radius 1 is 1.02 bits per heavy atom. The van der Waals surface area contributed by atoms with Crippen molar-refractivity contribution in [3.63, 3.8) is 0 Å².